The lowest BCUT2D eigenvalue weighted by Crippen LogP contribution is -2.27. The highest BCUT2D eigenvalue weighted by atomic mass is 19.1. The minimum absolute atomic E-state index is 0.196. The summed E-state index contributed by atoms with van der Waals surface area (Å²) >= 11 is 0. The maximum absolute atomic E-state index is 14.3. The Morgan fingerprint density at radius 1 is 1.23 bits per heavy atom. The lowest BCUT2D eigenvalue weighted by Gasteiger charge is -2.30. The van der Waals surface area contributed by atoms with Crippen molar-refractivity contribution in [3.8, 4) is 34.3 Å². The van der Waals surface area contributed by atoms with E-state index in [4.69, 9.17) is 10.5 Å². The fraction of sp³-hybridized carbons (Fsp3) is 0.182. The van der Waals surface area contributed by atoms with Crippen molar-refractivity contribution < 1.29 is 9.13 Å². The van der Waals surface area contributed by atoms with Crippen LogP contribution < -0.4 is 10.5 Å². The third-order valence-electron chi connectivity index (χ3n) is 5.37. The maximum Gasteiger partial charge on any atom is 0.166 e. The number of nitriles is 1. The van der Waals surface area contributed by atoms with Crippen molar-refractivity contribution in [1.82, 2.24) is 24.3 Å². The average Bonchev–Trinajstić information content (AvgIpc) is 3.36. The summed E-state index contributed by atoms with van der Waals surface area (Å²) in [6, 6.07) is 10.3. The molecule has 8 nitrogen and oxygen atoms in total. The van der Waals surface area contributed by atoms with Crippen molar-refractivity contribution in [2.75, 3.05) is 5.73 Å². The summed E-state index contributed by atoms with van der Waals surface area (Å²) in [7, 11) is 0. The molecule has 0 saturated carbocycles. The molecule has 1 aliphatic heterocycles. The van der Waals surface area contributed by atoms with Crippen LogP contribution in [0.1, 0.15) is 25.1 Å². The predicted octanol–water partition coefficient (Wildman–Crippen LogP) is 3.53. The second-order valence-electron chi connectivity index (χ2n) is 7.79. The first-order chi connectivity index (χ1) is 14.9. The van der Waals surface area contributed by atoms with Gasteiger partial charge in [-0.05, 0) is 44.2 Å². The summed E-state index contributed by atoms with van der Waals surface area (Å²) in [5, 5.41) is 14.0. The second kappa shape index (κ2) is 6.67. The average molecular weight is 415 g/mol. The van der Waals surface area contributed by atoms with E-state index in [1.165, 1.54) is 12.1 Å². The van der Waals surface area contributed by atoms with Crippen molar-refractivity contribution in [3.63, 3.8) is 0 Å². The lowest BCUT2D eigenvalue weighted by atomic mass is 9.91. The molecule has 154 valence electrons. The van der Waals surface area contributed by atoms with Crippen LogP contribution >= 0.6 is 0 Å². The third kappa shape index (κ3) is 3.00. The van der Waals surface area contributed by atoms with Crippen molar-refractivity contribution in [1.29, 1.82) is 5.26 Å². The third-order valence-corrected chi connectivity index (χ3v) is 5.37. The highest BCUT2D eigenvalue weighted by Crippen LogP contribution is 2.39. The molecule has 0 aliphatic carbocycles. The first kappa shape index (κ1) is 18.8. The van der Waals surface area contributed by atoms with Gasteiger partial charge in [0.25, 0.3) is 0 Å². The Morgan fingerprint density at radius 2 is 2.06 bits per heavy atom. The quantitative estimate of drug-likeness (QED) is 0.471. The van der Waals surface area contributed by atoms with Crippen molar-refractivity contribution in [2.24, 2.45) is 0 Å². The van der Waals surface area contributed by atoms with E-state index in [2.05, 4.69) is 21.1 Å². The van der Waals surface area contributed by atoms with Gasteiger partial charge in [0.05, 0.1) is 17.7 Å². The SMILES string of the molecule is CC1(C)Oc2cc(cnc2N)-c2c(C#N)ncn2Cn2nccc2-c2ccc(F)cc21. The van der Waals surface area contributed by atoms with Crippen LogP contribution in [0.5, 0.6) is 5.75 Å². The number of imidazole rings is 1. The van der Waals surface area contributed by atoms with Crippen LogP contribution in [0.15, 0.2) is 49.1 Å². The van der Waals surface area contributed by atoms with Crippen molar-refractivity contribution in [2.45, 2.75) is 26.1 Å². The molecule has 31 heavy (non-hydrogen) atoms. The zero-order chi connectivity index (χ0) is 21.8. The highest BCUT2D eigenvalue weighted by molar-refractivity contribution is 5.70. The largest absolute Gasteiger partial charge is 0.479 e. The summed E-state index contributed by atoms with van der Waals surface area (Å²) in [5.74, 6) is 0.161. The molecule has 2 N–H and O–H groups in total. The van der Waals surface area contributed by atoms with E-state index in [9.17, 15) is 9.65 Å². The van der Waals surface area contributed by atoms with Crippen LogP contribution in [0, 0.1) is 17.1 Å². The van der Waals surface area contributed by atoms with E-state index in [0.29, 0.717) is 29.2 Å². The van der Waals surface area contributed by atoms with E-state index in [0.717, 1.165) is 11.3 Å². The zero-order valence-electron chi connectivity index (χ0n) is 16.9. The van der Waals surface area contributed by atoms with E-state index in [1.807, 2.05) is 24.5 Å². The van der Waals surface area contributed by atoms with Gasteiger partial charge in [0.1, 0.15) is 24.2 Å². The van der Waals surface area contributed by atoms with E-state index >= 15 is 0 Å². The van der Waals surface area contributed by atoms with Crippen LogP contribution in [0.4, 0.5) is 10.2 Å². The maximum atomic E-state index is 14.3. The fourth-order valence-corrected chi connectivity index (χ4v) is 3.93. The number of anilines is 1. The number of halogens is 1. The summed E-state index contributed by atoms with van der Waals surface area (Å²) in [6.07, 6.45) is 4.84. The highest BCUT2D eigenvalue weighted by Gasteiger charge is 2.30. The smallest absolute Gasteiger partial charge is 0.166 e. The Bertz CT molecular complexity index is 1360. The van der Waals surface area contributed by atoms with Crippen LogP contribution in [0.2, 0.25) is 0 Å². The van der Waals surface area contributed by atoms with Crippen molar-refractivity contribution >= 4 is 5.82 Å². The van der Waals surface area contributed by atoms with Crippen LogP contribution in [0.25, 0.3) is 22.5 Å². The topological polar surface area (TPSA) is 108 Å². The number of rotatable bonds is 0. The molecule has 4 heterocycles. The molecule has 1 aromatic carbocycles. The second-order valence-corrected chi connectivity index (χ2v) is 7.79. The molecular formula is C22H18FN7O. The Balaban J connectivity index is 1.84. The molecule has 0 saturated heterocycles. The summed E-state index contributed by atoms with van der Waals surface area (Å²) < 4.78 is 24.1. The van der Waals surface area contributed by atoms with Crippen LogP contribution in [-0.2, 0) is 12.3 Å². The zero-order valence-corrected chi connectivity index (χ0v) is 16.9. The van der Waals surface area contributed by atoms with E-state index in [-0.39, 0.29) is 17.3 Å². The van der Waals surface area contributed by atoms with Gasteiger partial charge < -0.3 is 15.0 Å². The Labute approximate surface area is 177 Å². The number of nitrogens with zero attached hydrogens (tertiary/aromatic N) is 6. The number of fused-ring (bicyclic) bond motifs is 7. The molecule has 3 aromatic heterocycles. The monoisotopic (exact) mass is 415 g/mol. The van der Waals surface area contributed by atoms with Gasteiger partial charge in [0, 0.05) is 29.1 Å². The molecule has 0 amide bonds. The van der Waals surface area contributed by atoms with Crippen LogP contribution in [-0.4, -0.2) is 24.3 Å². The normalized spacial score (nSPS) is 14.1. The van der Waals surface area contributed by atoms with Gasteiger partial charge in [-0.25, -0.2) is 19.0 Å². The number of ether oxygens (including phenoxy) is 1. The lowest BCUT2D eigenvalue weighted by molar-refractivity contribution is 0.109. The van der Waals surface area contributed by atoms with E-state index < -0.39 is 5.60 Å². The summed E-state index contributed by atoms with van der Waals surface area (Å²) in [4.78, 5) is 8.50. The predicted molar refractivity (Wildman–Crippen MR) is 111 cm³/mol. The van der Waals surface area contributed by atoms with Crippen molar-refractivity contribution in [3.05, 3.63) is 66.1 Å². The Morgan fingerprint density at radius 3 is 2.87 bits per heavy atom. The fourth-order valence-electron chi connectivity index (χ4n) is 3.93. The molecule has 4 aromatic rings. The standard InChI is InChI=1S/C22H18FN7O/c1-22(2)16-8-14(23)3-4-15(16)18-5-6-28-30(18)12-29-11-27-17(9-24)20(29)13-7-19(31-22)21(25)26-10-13/h3-8,10-11H,12H2,1-2H3,(H2,25,26). The number of pyridine rings is 1. The van der Waals surface area contributed by atoms with Gasteiger partial charge in [-0.15, -0.1) is 0 Å². The number of benzene rings is 1. The Hall–Kier alpha value is -4.19. The minimum Gasteiger partial charge on any atom is -0.479 e. The van der Waals surface area contributed by atoms with Gasteiger partial charge in [-0.3, -0.25) is 0 Å². The van der Waals surface area contributed by atoms with Gasteiger partial charge in [-0.1, -0.05) is 0 Å². The van der Waals surface area contributed by atoms with Crippen LogP contribution in [0.3, 0.4) is 0 Å². The minimum atomic E-state index is -0.946. The van der Waals surface area contributed by atoms with Gasteiger partial charge in [0.2, 0.25) is 0 Å². The molecule has 0 fully saturated rings. The number of hydrogen-bond donors (Lipinski definition) is 1. The first-order valence-electron chi connectivity index (χ1n) is 9.60. The number of nitrogen functional groups attached to an aromatic ring is 1. The molecule has 0 spiro atoms. The van der Waals surface area contributed by atoms with Gasteiger partial charge in [0.15, 0.2) is 17.3 Å². The number of hydrogen-bond acceptors (Lipinski definition) is 6. The van der Waals surface area contributed by atoms with Gasteiger partial charge in [-0.2, -0.15) is 10.4 Å². The molecule has 5 rings (SSSR count). The van der Waals surface area contributed by atoms with Gasteiger partial charge >= 0.3 is 0 Å². The Kier molecular flexibility index (Phi) is 4.05. The molecule has 0 radical (unpaired) electrons. The molecule has 1 aliphatic rings. The molecule has 0 atom stereocenters. The molecule has 9 heteroatoms. The first-order valence-corrected chi connectivity index (χ1v) is 9.60. The number of nitrogens with two attached hydrogens (primary N) is 1. The van der Waals surface area contributed by atoms with E-state index in [1.54, 1.807) is 35.5 Å². The summed E-state index contributed by atoms with van der Waals surface area (Å²) in [6.45, 7) is 3.98. The summed E-state index contributed by atoms with van der Waals surface area (Å²) in [5.41, 5.74) is 8.81. The number of aromatic nitrogens is 5. The molecule has 0 unspecified atom stereocenters. The molecule has 2 bridgehead atoms. The molecular weight excluding hydrogens is 397 g/mol.